The molecule has 7 heteroatoms. The summed E-state index contributed by atoms with van der Waals surface area (Å²) in [7, 11) is 1.68. The Labute approximate surface area is 177 Å². The molecule has 1 fully saturated rings. The Morgan fingerprint density at radius 3 is 2.57 bits per heavy atom. The highest BCUT2D eigenvalue weighted by Crippen LogP contribution is 2.28. The fourth-order valence-corrected chi connectivity index (χ4v) is 3.73. The maximum absolute atomic E-state index is 12.3. The second kappa shape index (κ2) is 10.1. The number of carbonyl (C=O) groups is 2. The van der Waals surface area contributed by atoms with E-state index in [-0.39, 0.29) is 30.4 Å². The van der Waals surface area contributed by atoms with Gasteiger partial charge in [-0.05, 0) is 43.5 Å². The Morgan fingerprint density at radius 2 is 1.83 bits per heavy atom. The molecule has 0 aromatic heterocycles. The Hall–Kier alpha value is -3.06. The van der Waals surface area contributed by atoms with Crippen molar-refractivity contribution >= 4 is 17.5 Å². The van der Waals surface area contributed by atoms with E-state index >= 15 is 0 Å². The number of aliphatic hydroxyl groups is 1. The van der Waals surface area contributed by atoms with E-state index in [1.165, 1.54) is 6.92 Å². The van der Waals surface area contributed by atoms with Crippen LogP contribution in [0.15, 0.2) is 54.6 Å². The Balaban J connectivity index is 1.63. The molecule has 7 nitrogen and oxygen atoms in total. The van der Waals surface area contributed by atoms with E-state index in [0.29, 0.717) is 5.75 Å². The van der Waals surface area contributed by atoms with Gasteiger partial charge in [-0.3, -0.25) is 9.59 Å². The molecule has 30 heavy (non-hydrogen) atoms. The second-order valence-electron chi connectivity index (χ2n) is 7.60. The van der Waals surface area contributed by atoms with Gasteiger partial charge in [0.2, 0.25) is 11.8 Å². The minimum absolute atomic E-state index is 0.0635. The van der Waals surface area contributed by atoms with Crippen molar-refractivity contribution < 1.29 is 19.4 Å². The Bertz CT molecular complexity index is 859. The number of rotatable bonds is 7. The first-order valence-electron chi connectivity index (χ1n) is 10.2. The molecular formula is C23H29N3O4. The minimum atomic E-state index is -0.719. The number of amides is 2. The number of carbonyl (C=O) groups excluding carboxylic acids is 2. The fraction of sp³-hybridized carbons (Fsp3) is 0.391. The molecular weight excluding hydrogens is 382 g/mol. The maximum Gasteiger partial charge on any atom is 0.242 e. The van der Waals surface area contributed by atoms with Gasteiger partial charge in [-0.1, -0.05) is 24.3 Å². The highest BCUT2D eigenvalue weighted by Gasteiger charge is 2.35. The Kier molecular flexibility index (Phi) is 7.30. The van der Waals surface area contributed by atoms with E-state index in [9.17, 15) is 14.7 Å². The van der Waals surface area contributed by atoms with E-state index in [0.717, 1.165) is 30.7 Å². The van der Waals surface area contributed by atoms with Crippen LogP contribution in [-0.2, 0) is 9.59 Å². The van der Waals surface area contributed by atoms with Crippen LogP contribution in [0.4, 0.5) is 5.69 Å². The van der Waals surface area contributed by atoms with Crippen LogP contribution in [0.2, 0.25) is 0 Å². The summed E-state index contributed by atoms with van der Waals surface area (Å²) >= 11 is 0. The van der Waals surface area contributed by atoms with E-state index < -0.39 is 6.10 Å². The molecule has 0 radical (unpaired) electrons. The third-order valence-corrected chi connectivity index (χ3v) is 5.37. The van der Waals surface area contributed by atoms with Gasteiger partial charge in [-0.2, -0.15) is 0 Å². The van der Waals surface area contributed by atoms with E-state index in [2.05, 4.69) is 10.6 Å². The van der Waals surface area contributed by atoms with Crippen molar-refractivity contribution in [3.05, 3.63) is 54.6 Å². The molecule has 3 atom stereocenters. The third kappa shape index (κ3) is 5.73. The van der Waals surface area contributed by atoms with Crippen molar-refractivity contribution in [1.82, 2.24) is 10.2 Å². The largest absolute Gasteiger partial charge is 0.457 e. The lowest BCUT2D eigenvalue weighted by Crippen LogP contribution is -2.55. The summed E-state index contributed by atoms with van der Waals surface area (Å²) < 4.78 is 5.88. The first-order chi connectivity index (χ1) is 14.4. The predicted molar refractivity (Wildman–Crippen MR) is 115 cm³/mol. The number of nitrogens with zero attached hydrogens (tertiary/aromatic N) is 1. The molecule has 0 saturated heterocycles. The zero-order valence-corrected chi connectivity index (χ0v) is 17.4. The van der Waals surface area contributed by atoms with Crippen molar-refractivity contribution in [2.24, 2.45) is 0 Å². The number of hydrogen-bond donors (Lipinski definition) is 3. The van der Waals surface area contributed by atoms with Crippen LogP contribution in [0.25, 0.3) is 0 Å². The van der Waals surface area contributed by atoms with Gasteiger partial charge in [-0.25, -0.2) is 0 Å². The van der Waals surface area contributed by atoms with Crippen molar-refractivity contribution in [2.45, 2.75) is 44.4 Å². The molecule has 160 valence electrons. The van der Waals surface area contributed by atoms with Crippen LogP contribution in [-0.4, -0.2) is 53.6 Å². The van der Waals surface area contributed by atoms with Gasteiger partial charge in [0, 0.05) is 25.7 Å². The lowest BCUT2D eigenvalue weighted by atomic mass is 9.87. The molecule has 0 aliphatic heterocycles. The molecule has 1 aliphatic carbocycles. The molecule has 0 bridgehead atoms. The SMILES string of the molecule is CC(=O)NCC(=O)N(C)[C@@H]1CCC[C@@H](Nc2cccc(Oc3ccccc3)c2)[C@@H]1O. The number of benzene rings is 2. The van der Waals surface area contributed by atoms with Gasteiger partial charge >= 0.3 is 0 Å². The van der Waals surface area contributed by atoms with E-state index in [1.54, 1.807) is 11.9 Å². The van der Waals surface area contributed by atoms with Crippen LogP contribution in [0.5, 0.6) is 11.5 Å². The smallest absolute Gasteiger partial charge is 0.242 e. The molecule has 0 unspecified atom stereocenters. The number of para-hydroxylation sites is 1. The number of nitrogens with one attached hydrogen (secondary N) is 2. The number of aliphatic hydroxyl groups excluding tert-OH is 1. The molecule has 0 heterocycles. The minimum Gasteiger partial charge on any atom is -0.457 e. The van der Waals surface area contributed by atoms with Crippen molar-refractivity contribution in [2.75, 3.05) is 18.9 Å². The lowest BCUT2D eigenvalue weighted by molar-refractivity contribution is -0.136. The zero-order valence-electron chi connectivity index (χ0n) is 17.4. The standard InChI is InChI=1S/C23H29N3O4/c1-16(27)24-15-22(28)26(2)21-13-7-12-20(23(21)29)25-17-8-6-11-19(14-17)30-18-9-4-3-5-10-18/h3-6,8-11,14,20-21,23,25,29H,7,12-13,15H2,1-2H3,(H,24,27)/t20-,21-,23+/m1/s1. The number of anilines is 1. The normalized spacial score (nSPS) is 20.8. The van der Waals surface area contributed by atoms with Crippen molar-refractivity contribution in [3.8, 4) is 11.5 Å². The molecule has 1 saturated carbocycles. The van der Waals surface area contributed by atoms with Crippen LogP contribution < -0.4 is 15.4 Å². The number of likely N-dealkylation sites (N-methyl/N-ethyl adjacent to an activating group) is 1. The summed E-state index contributed by atoms with van der Waals surface area (Å²) in [5.41, 5.74) is 0.848. The molecule has 0 spiro atoms. The predicted octanol–water partition coefficient (Wildman–Crippen LogP) is 2.77. The van der Waals surface area contributed by atoms with Crippen molar-refractivity contribution in [1.29, 1.82) is 0 Å². The molecule has 2 aromatic carbocycles. The van der Waals surface area contributed by atoms with Gasteiger partial charge < -0.3 is 25.4 Å². The molecule has 2 aromatic rings. The summed E-state index contributed by atoms with van der Waals surface area (Å²) in [6.45, 7) is 1.31. The number of ether oxygens (including phenoxy) is 1. The molecule has 3 N–H and O–H groups in total. The van der Waals surface area contributed by atoms with Crippen LogP contribution in [0.1, 0.15) is 26.2 Å². The Morgan fingerprint density at radius 1 is 1.10 bits per heavy atom. The van der Waals surface area contributed by atoms with E-state index in [1.807, 2.05) is 54.6 Å². The topological polar surface area (TPSA) is 90.9 Å². The average Bonchev–Trinajstić information content (AvgIpc) is 2.74. The van der Waals surface area contributed by atoms with Gasteiger partial charge in [0.1, 0.15) is 11.5 Å². The monoisotopic (exact) mass is 411 g/mol. The highest BCUT2D eigenvalue weighted by molar-refractivity contribution is 5.83. The average molecular weight is 412 g/mol. The molecule has 2 amide bonds. The first kappa shape index (κ1) is 21.6. The summed E-state index contributed by atoms with van der Waals surface area (Å²) in [5.74, 6) is 0.994. The third-order valence-electron chi connectivity index (χ3n) is 5.37. The maximum atomic E-state index is 12.3. The summed E-state index contributed by atoms with van der Waals surface area (Å²) in [6.07, 6.45) is 1.69. The quantitative estimate of drug-likeness (QED) is 0.652. The van der Waals surface area contributed by atoms with Crippen molar-refractivity contribution in [3.63, 3.8) is 0 Å². The summed E-state index contributed by atoms with van der Waals surface area (Å²) in [5, 5.41) is 16.8. The zero-order chi connectivity index (χ0) is 21.5. The van der Waals surface area contributed by atoms with Gasteiger partial charge in [-0.15, -0.1) is 0 Å². The van der Waals surface area contributed by atoms with Gasteiger partial charge in [0.15, 0.2) is 0 Å². The van der Waals surface area contributed by atoms with Crippen LogP contribution >= 0.6 is 0 Å². The van der Waals surface area contributed by atoms with E-state index in [4.69, 9.17) is 4.74 Å². The summed E-state index contributed by atoms with van der Waals surface area (Å²) in [4.78, 5) is 24.9. The van der Waals surface area contributed by atoms with Gasteiger partial charge in [0.05, 0.1) is 24.7 Å². The highest BCUT2D eigenvalue weighted by atomic mass is 16.5. The number of hydrogen-bond acceptors (Lipinski definition) is 5. The van der Waals surface area contributed by atoms with Crippen LogP contribution in [0.3, 0.4) is 0 Å². The fourth-order valence-electron chi connectivity index (χ4n) is 3.73. The van der Waals surface area contributed by atoms with Gasteiger partial charge in [0.25, 0.3) is 0 Å². The second-order valence-corrected chi connectivity index (χ2v) is 7.60. The summed E-state index contributed by atoms with van der Waals surface area (Å²) in [6, 6.07) is 16.7. The van der Waals surface area contributed by atoms with Crippen LogP contribution in [0, 0.1) is 0 Å². The first-order valence-corrected chi connectivity index (χ1v) is 10.2. The molecule has 1 aliphatic rings. The lowest BCUT2D eigenvalue weighted by Gasteiger charge is -2.40. The molecule has 3 rings (SSSR count).